The van der Waals surface area contributed by atoms with E-state index in [9.17, 15) is 9.90 Å². The maximum Gasteiger partial charge on any atom is 0.317 e. The van der Waals surface area contributed by atoms with Crippen LogP contribution >= 0.6 is 0 Å². The van der Waals surface area contributed by atoms with Crippen molar-refractivity contribution in [2.45, 2.75) is 32.5 Å². The number of aromatic amines is 1. The number of carbonyl (C=O) groups is 1. The fraction of sp³-hybridized carbons (Fsp3) is 0.500. The van der Waals surface area contributed by atoms with E-state index in [0.29, 0.717) is 19.6 Å². The molecular weight excluding hydrogens is 306 g/mol. The minimum Gasteiger partial charge on any atom is -0.394 e. The predicted octanol–water partition coefficient (Wildman–Crippen LogP) is 1.81. The Hall–Kier alpha value is -2.05. The number of morpholine rings is 1. The van der Waals surface area contributed by atoms with E-state index in [1.54, 1.807) is 4.90 Å². The standard InChI is InChI=1S/C18H25N3O3/c1-12-9-21(10-14(11-22)24-12)18(23)19-8-7-15-13(2)20-17-6-4-3-5-16(15)17/h3-6,12,14,20,22H,7-11H2,1-2H3,(H,19,23). The molecule has 0 bridgehead atoms. The van der Waals surface area contributed by atoms with Crippen molar-refractivity contribution in [2.75, 3.05) is 26.2 Å². The van der Waals surface area contributed by atoms with Gasteiger partial charge in [-0.3, -0.25) is 0 Å². The van der Waals surface area contributed by atoms with Gasteiger partial charge in [-0.15, -0.1) is 0 Å². The van der Waals surface area contributed by atoms with Crippen molar-refractivity contribution in [3.8, 4) is 0 Å². The number of aromatic nitrogens is 1. The van der Waals surface area contributed by atoms with Crippen molar-refractivity contribution in [1.82, 2.24) is 15.2 Å². The Labute approximate surface area is 141 Å². The van der Waals surface area contributed by atoms with Gasteiger partial charge in [0.15, 0.2) is 0 Å². The van der Waals surface area contributed by atoms with Gasteiger partial charge in [-0.2, -0.15) is 0 Å². The zero-order valence-corrected chi connectivity index (χ0v) is 14.2. The maximum absolute atomic E-state index is 12.4. The Morgan fingerprint density at radius 2 is 2.21 bits per heavy atom. The molecule has 6 heteroatoms. The molecule has 1 aliphatic rings. The van der Waals surface area contributed by atoms with Crippen LogP contribution in [0.25, 0.3) is 10.9 Å². The number of para-hydroxylation sites is 1. The van der Waals surface area contributed by atoms with Gasteiger partial charge in [-0.05, 0) is 31.9 Å². The Kier molecular flexibility index (Phi) is 5.06. The van der Waals surface area contributed by atoms with E-state index in [0.717, 1.165) is 17.6 Å². The lowest BCUT2D eigenvalue weighted by atomic mass is 10.1. The molecule has 2 unspecified atom stereocenters. The van der Waals surface area contributed by atoms with Crippen molar-refractivity contribution in [1.29, 1.82) is 0 Å². The summed E-state index contributed by atoms with van der Waals surface area (Å²) in [7, 11) is 0. The van der Waals surface area contributed by atoms with Crippen LogP contribution in [0.5, 0.6) is 0 Å². The van der Waals surface area contributed by atoms with Gasteiger partial charge < -0.3 is 25.0 Å². The van der Waals surface area contributed by atoms with Gasteiger partial charge in [0, 0.05) is 29.7 Å². The number of H-pyrrole nitrogens is 1. The third-order valence-electron chi connectivity index (χ3n) is 4.50. The van der Waals surface area contributed by atoms with E-state index < -0.39 is 0 Å². The molecule has 1 saturated heterocycles. The molecule has 0 radical (unpaired) electrons. The van der Waals surface area contributed by atoms with Crippen LogP contribution in [0.2, 0.25) is 0 Å². The average molecular weight is 331 g/mol. The summed E-state index contributed by atoms with van der Waals surface area (Å²) < 4.78 is 5.57. The first kappa shape index (κ1) is 16.8. The van der Waals surface area contributed by atoms with E-state index in [1.807, 2.05) is 19.1 Å². The molecule has 2 atom stereocenters. The number of aryl methyl sites for hydroxylation is 1. The van der Waals surface area contributed by atoms with Gasteiger partial charge in [0.1, 0.15) is 0 Å². The first-order valence-electron chi connectivity index (χ1n) is 8.43. The molecule has 1 fully saturated rings. The lowest BCUT2D eigenvalue weighted by Crippen LogP contribution is -2.53. The van der Waals surface area contributed by atoms with Crippen LogP contribution in [0.4, 0.5) is 4.79 Å². The number of ether oxygens (including phenoxy) is 1. The highest BCUT2D eigenvalue weighted by molar-refractivity contribution is 5.84. The van der Waals surface area contributed by atoms with Crippen molar-refractivity contribution in [2.24, 2.45) is 0 Å². The minimum absolute atomic E-state index is 0.0579. The minimum atomic E-state index is -0.296. The SMILES string of the molecule is Cc1[nH]c2ccccc2c1CCNC(=O)N1CC(C)OC(CO)C1. The fourth-order valence-corrected chi connectivity index (χ4v) is 3.38. The summed E-state index contributed by atoms with van der Waals surface area (Å²) in [4.78, 5) is 17.5. The molecule has 2 heterocycles. The summed E-state index contributed by atoms with van der Waals surface area (Å²) in [6.45, 7) is 5.47. The highest BCUT2D eigenvalue weighted by Gasteiger charge is 2.27. The van der Waals surface area contributed by atoms with Crippen LogP contribution < -0.4 is 5.32 Å². The largest absolute Gasteiger partial charge is 0.394 e. The number of nitrogens with one attached hydrogen (secondary N) is 2. The Morgan fingerprint density at radius 3 is 3.00 bits per heavy atom. The molecule has 1 aromatic carbocycles. The summed E-state index contributed by atoms with van der Waals surface area (Å²) in [5.74, 6) is 0. The van der Waals surface area contributed by atoms with Crippen LogP contribution in [0.1, 0.15) is 18.2 Å². The van der Waals surface area contributed by atoms with Gasteiger partial charge in [-0.25, -0.2) is 4.79 Å². The molecule has 2 aromatic rings. The number of rotatable bonds is 4. The number of aliphatic hydroxyl groups is 1. The van der Waals surface area contributed by atoms with Crippen molar-refractivity contribution >= 4 is 16.9 Å². The smallest absolute Gasteiger partial charge is 0.317 e. The zero-order chi connectivity index (χ0) is 17.1. The molecule has 1 aromatic heterocycles. The van der Waals surface area contributed by atoms with E-state index in [4.69, 9.17) is 4.74 Å². The van der Waals surface area contributed by atoms with E-state index in [1.165, 1.54) is 10.9 Å². The summed E-state index contributed by atoms with van der Waals surface area (Å²) >= 11 is 0. The monoisotopic (exact) mass is 331 g/mol. The number of hydrogen-bond donors (Lipinski definition) is 3. The van der Waals surface area contributed by atoms with Crippen molar-refractivity contribution in [3.05, 3.63) is 35.5 Å². The number of amides is 2. The number of benzene rings is 1. The highest BCUT2D eigenvalue weighted by atomic mass is 16.5. The quantitative estimate of drug-likeness (QED) is 0.799. The predicted molar refractivity (Wildman–Crippen MR) is 93.1 cm³/mol. The molecule has 0 saturated carbocycles. The highest BCUT2D eigenvalue weighted by Crippen LogP contribution is 2.22. The summed E-state index contributed by atoms with van der Waals surface area (Å²) in [5, 5.41) is 13.4. The fourth-order valence-electron chi connectivity index (χ4n) is 3.38. The lowest BCUT2D eigenvalue weighted by molar-refractivity contribution is -0.0833. The van der Waals surface area contributed by atoms with Gasteiger partial charge in [-0.1, -0.05) is 18.2 Å². The average Bonchev–Trinajstić information content (AvgIpc) is 2.90. The van der Waals surface area contributed by atoms with Crippen molar-refractivity contribution in [3.63, 3.8) is 0 Å². The van der Waals surface area contributed by atoms with Gasteiger partial charge in [0.2, 0.25) is 0 Å². The summed E-state index contributed by atoms with van der Waals surface area (Å²) in [6.07, 6.45) is 0.429. The number of carbonyl (C=O) groups excluding carboxylic acids is 1. The van der Waals surface area contributed by atoms with Crippen LogP contribution in [-0.2, 0) is 11.2 Å². The lowest BCUT2D eigenvalue weighted by Gasteiger charge is -2.36. The molecule has 2 amide bonds. The van der Waals surface area contributed by atoms with Crippen LogP contribution in [0, 0.1) is 6.92 Å². The number of fused-ring (bicyclic) bond motifs is 1. The first-order chi connectivity index (χ1) is 11.6. The van der Waals surface area contributed by atoms with Crippen molar-refractivity contribution < 1.29 is 14.6 Å². The zero-order valence-electron chi connectivity index (χ0n) is 14.2. The molecule has 0 spiro atoms. The molecule has 130 valence electrons. The summed E-state index contributed by atoms with van der Waals surface area (Å²) in [5.41, 5.74) is 3.52. The second-order valence-corrected chi connectivity index (χ2v) is 6.41. The Balaban J connectivity index is 1.57. The number of hydrogen-bond acceptors (Lipinski definition) is 3. The maximum atomic E-state index is 12.4. The third-order valence-corrected chi connectivity index (χ3v) is 4.50. The van der Waals surface area contributed by atoms with Crippen LogP contribution in [-0.4, -0.2) is 59.5 Å². The molecule has 0 aliphatic carbocycles. The van der Waals surface area contributed by atoms with Crippen LogP contribution in [0.15, 0.2) is 24.3 Å². The first-order valence-corrected chi connectivity index (χ1v) is 8.43. The Bertz CT molecular complexity index is 713. The van der Waals surface area contributed by atoms with E-state index >= 15 is 0 Å². The molecule has 3 N–H and O–H groups in total. The molecule has 6 nitrogen and oxygen atoms in total. The van der Waals surface area contributed by atoms with E-state index in [-0.39, 0.29) is 24.8 Å². The normalized spacial score (nSPS) is 21.2. The topological polar surface area (TPSA) is 77.6 Å². The second kappa shape index (κ2) is 7.23. The van der Waals surface area contributed by atoms with E-state index in [2.05, 4.69) is 29.4 Å². The third kappa shape index (κ3) is 3.55. The summed E-state index contributed by atoms with van der Waals surface area (Å²) in [6, 6.07) is 8.11. The number of urea groups is 1. The van der Waals surface area contributed by atoms with Crippen LogP contribution in [0.3, 0.4) is 0 Å². The molecule has 3 rings (SSSR count). The molecule has 24 heavy (non-hydrogen) atoms. The molecular formula is C18H25N3O3. The molecule has 1 aliphatic heterocycles. The van der Waals surface area contributed by atoms with Gasteiger partial charge >= 0.3 is 6.03 Å². The number of nitrogens with zero attached hydrogens (tertiary/aromatic N) is 1. The second-order valence-electron chi connectivity index (χ2n) is 6.41. The van der Waals surface area contributed by atoms with Gasteiger partial charge in [0.05, 0.1) is 25.4 Å². The Morgan fingerprint density at radius 1 is 1.42 bits per heavy atom. The van der Waals surface area contributed by atoms with Gasteiger partial charge in [0.25, 0.3) is 0 Å². The number of aliphatic hydroxyl groups excluding tert-OH is 1.